The molecule has 2 aromatic carbocycles. The third-order valence-corrected chi connectivity index (χ3v) is 3.47. The molecule has 1 heterocycles. The summed E-state index contributed by atoms with van der Waals surface area (Å²) in [4.78, 5) is 15.3. The van der Waals surface area contributed by atoms with Crippen molar-refractivity contribution in [2.24, 2.45) is 0 Å². The molecule has 1 amide bonds. The first-order valence-electron chi connectivity index (χ1n) is 6.83. The Bertz CT molecular complexity index is 750. The fourth-order valence-electron chi connectivity index (χ4n) is 2.35. The van der Waals surface area contributed by atoms with Gasteiger partial charge in [0.15, 0.2) is 0 Å². The third-order valence-electron chi connectivity index (χ3n) is 3.47. The van der Waals surface area contributed by atoms with E-state index in [0.717, 1.165) is 16.5 Å². The molecule has 1 aromatic heterocycles. The Morgan fingerprint density at radius 2 is 1.90 bits per heavy atom. The highest BCUT2D eigenvalue weighted by molar-refractivity contribution is 6.05. The second kappa shape index (κ2) is 5.81. The molecule has 3 aromatic rings. The van der Waals surface area contributed by atoms with Crippen LogP contribution in [0.15, 0.2) is 60.8 Å². The van der Waals surface area contributed by atoms with Gasteiger partial charge in [-0.15, -0.1) is 0 Å². The molecule has 0 fully saturated rings. The number of aliphatic hydroxyl groups is 1. The number of hydrogen-bond acceptors (Lipinski definition) is 2. The van der Waals surface area contributed by atoms with Gasteiger partial charge in [-0.1, -0.05) is 42.5 Å². The summed E-state index contributed by atoms with van der Waals surface area (Å²) in [5.74, 6) is -0.196. The Labute approximate surface area is 122 Å². The highest BCUT2D eigenvalue weighted by atomic mass is 16.3. The van der Waals surface area contributed by atoms with Gasteiger partial charge in [0.25, 0.3) is 5.91 Å². The molecule has 0 spiro atoms. The van der Waals surface area contributed by atoms with E-state index in [9.17, 15) is 9.90 Å². The number of aliphatic hydroxyl groups excluding tert-OH is 1. The summed E-state index contributed by atoms with van der Waals surface area (Å²) in [5, 5.41) is 13.8. The van der Waals surface area contributed by atoms with Crippen LogP contribution in [0.2, 0.25) is 0 Å². The molecule has 106 valence electrons. The molecule has 21 heavy (non-hydrogen) atoms. The number of amides is 1. The van der Waals surface area contributed by atoms with Gasteiger partial charge in [0.05, 0.1) is 17.2 Å². The van der Waals surface area contributed by atoms with Gasteiger partial charge in [0, 0.05) is 18.1 Å². The van der Waals surface area contributed by atoms with Crippen molar-refractivity contribution in [3.63, 3.8) is 0 Å². The maximum absolute atomic E-state index is 12.3. The van der Waals surface area contributed by atoms with Gasteiger partial charge in [0.2, 0.25) is 0 Å². The van der Waals surface area contributed by atoms with E-state index in [1.165, 1.54) is 0 Å². The molecule has 1 atom stereocenters. The van der Waals surface area contributed by atoms with E-state index in [0.29, 0.717) is 5.56 Å². The van der Waals surface area contributed by atoms with E-state index >= 15 is 0 Å². The fraction of sp³-hybridized carbons (Fsp3) is 0.118. The van der Waals surface area contributed by atoms with Crippen molar-refractivity contribution in [2.45, 2.75) is 6.10 Å². The molecule has 4 heteroatoms. The number of carbonyl (C=O) groups excluding carboxylic acids is 1. The molecular weight excluding hydrogens is 264 g/mol. The SMILES string of the molecule is O=C(NCC(O)c1ccccc1)c1cccc2cc[nH]c12. The minimum atomic E-state index is -0.710. The summed E-state index contributed by atoms with van der Waals surface area (Å²) < 4.78 is 0. The van der Waals surface area contributed by atoms with E-state index in [-0.39, 0.29) is 12.5 Å². The largest absolute Gasteiger partial charge is 0.387 e. The van der Waals surface area contributed by atoms with Crippen molar-refractivity contribution < 1.29 is 9.90 Å². The molecule has 1 unspecified atom stereocenters. The zero-order valence-electron chi connectivity index (χ0n) is 11.4. The first-order valence-corrected chi connectivity index (χ1v) is 6.83. The second-order valence-corrected chi connectivity index (χ2v) is 4.88. The van der Waals surface area contributed by atoms with Gasteiger partial charge in [0.1, 0.15) is 0 Å². The Hall–Kier alpha value is -2.59. The first-order chi connectivity index (χ1) is 10.3. The smallest absolute Gasteiger partial charge is 0.253 e. The zero-order chi connectivity index (χ0) is 14.7. The molecule has 3 N–H and O–H groups in total. The minimum Gasteiger partial charge on any atom is -0.387 e. The standard InChI is InChI=1S/C17H16N2O2/c20-15(12-5-2-1-3-6-12)11-19-17(21)14-8-4-7-13-9-10-18-16(13)14/h1-10,15,18,20H,11H2,(H,19,21). The summed E-state index contributed by atoms with van der Waals surface area (Å²) in [6, 6.07) is 16.8. The van der Waals surface area contributed by atoms with Crippen LogP contribution in [0.25, 0.3) is 10.9 Å². The lowest BCUT2D eigenvalue weighted by Gasteiger charge is -2.12. The highest BCUT2D eigenvalue weighted by Gasteiger charge is 2.13. The van der Waals surface area contributed by atoms with Crippen LogP contribution in [0.4, 0.5) is 0 Å². The second-order valence-electron chi connectivity index (χ2n) is 4.88. The van der Waals surface area contributed by atoms with Crippen LogP contribution in [-0.2, 0) is 0 Å². The summed E-state index contributed by atoms with van der Waals surface area (Å²) in [7, 11) is 0. The number of hydrogen-bond donors (Lipinski definition) is 3. The molecular formula is C17H16N2O2. The average molecular weight is 280 g/mol. The van der Waals surface area contributed by atoms with Gasteiger partial charge in [-0.2, -0.15) is 0 Å². The van der Waals surface area contributed by atoms with Crippen LogP contribution in [0.5, 0.6) is 0 Å². The van der Waals surface area contributed by atoms with Crippen molar-refractivity contribution in [3.8, 4) is 0 Å². The summed E-state index contributed by atoms with van der Waals surface area (Å²) >= 11 is 0. The molecule has 0 aliphatic carbocycles. The highest BCUT2D eigenvalue weighted by Crippen LogP contribution is 2.17. The van der Waals surface area contributed by atoms with Gasteiger partial charge in [-0.25, -0.2) is 0 Å². The van der Waals surface area contributed by atoms with Crippen molar-refractivity contribution in [2.75, 3.05) is 6.54 Å². The van der Waals surface area contributed by atoms with Crippen molar-refractivity contribution in [3.05, 3.63) is 71.9 Å². The predicted molar refractivity (Wildman–Crippen MR) is 82.0 cm³/mol. The van der Waals surface area contributed by atoms with Crippen LogP contribution >= 0.6 is 0 Å². The van der Waals surface area contributed by atoms with E-state index in [2.05, 4.69) is 10.3 Å². The van der Waals surface area contributed by atoms with Crippen molar-refractivity contribution in [1.82, 2.24) is 10.3 Å². The number of H-pyrrole nitrogens is 1. The van der Waals surface area contributed by atoms with Crippen LogP contribution in [-0.4, -0.2) is 22.5 Å². The van der Waals surface area contributed by atoms with Gasteiger partial charge < -0.3 is 15.4 Å². The number of aromatic nitrogens is 1. The van der Waals surface area contributed by atoms with Crippen LogP contribution in [0.3, 0.4) is 0 Å². The lowest BCUT2D eigenvalue weighted by molar-refractivity contribution is 0.0918. The van der Waals surface area contributed by atoms with E-state index < -0.39 is 6.10 Å². The van der Waals surface area contributed by atoms with E-state index in [1.54, 1.807) is 12.3 Å². The number of para-hydroxylation sites is 1. The lowest BCUT2D eigenvalue weighted by atomic mass is 10.1. The molecule has 0 aliphatic heterocycles. The summed E-state index contributed by atoms with van der Waals surface area (Å²) in [5.41, 5.74) is 2.18. The molecule has 3 rings (SSSR count). The molecule has 0 aliphatic rings. The first kappa shape index (κ1) is 13.4. The fourth-order valence-corrected chi connectivity index (χ4v) is 2.35. The predicted octanol–water partition coefficient (Wildman–Crippen LogP) is 2.63. The average Bonchev–Trinajstić information content (AvgIpc) is 3.01. The third kappa shape index (κ3) is 2.80. The minimum absolute atomic E-state index is 0.180. The van der Waals surface area contributed by atoms with Crippen LogP contribution in [0.1, 0.15) is 22.0 Å². The van der Waals surface area contributed by atoms with E-state index in [4.69, 9.17) is 0 Å². The molecule has 4 nitrogen and oxygen atoms in total. The van der Waals surface area contributed by atoms with Gasteiger partial charge in [-0.3, -0.25) is 4.79 Å². The quantitative estimate of drug-likeness (QED) is 0.688. The van der Waals surface area contributed by atoms with E-state index in [1.807, 2.05) is 48.5 Å². The molecule has 0 radical (unpaired) electrons. The Balaban J connectivity index is 1.71. The molecule has 0 bridgehead atoms. The number of nitrogens with one attached hydrogen (secondary N) is 2. The summed E-state index contributed by atoms with van der Waals surface area (Å²) in [6.07, 6.45) is 1.10. The Morgan fingerprint density at radius 3 is 2.71 bits per heavy atom. The van der Waals surface area contributed by atoms with Crippen molar-refractivity contribution in [1.29, 1.82) is 0 Å². The number of aromatic amines is 1. The topological polar surface area (TPSA) is 65.1 Å². The van der Waals surface area contributed by atoms with Crippen molar-refractivity contribution >= 4 is 16.8 Å². The number of rotatable bonds is 4. The molecule has 0 saturated heterocycles. The zero-order valence-corrected chi connectivity index (χ0v) is 11.4. The number of carbonyl (C=O) groups is 1. The maximum Gasteiger partial charge on any atom is 0.253 e. The van der Waals surface area contributed by atoms with Crippen LogP contribution < -0.4 is 5.32 Å². The van der Waals surface area contributed by atoms with Gasteiger partial charge in [-0.05, 0) is 17.7 Å². The Morgan fingerprint density at radius 1 is 1.10 bits per heavy atom. The monoisotopic (exact) mass is 280 g/mol. The summed E-state index contributed by atoms with van der Waals surface area (Å²) in [6.45, 7) is 0.180. The number of benzene rings is 2. The maximum atomic E-state index is 12.3. The molecule has 0 saturated carbocycles. The number of fused-ring (bicyclic) bond motifs is 1. The van der Waals surface area contributed by atoms with Crippen LogP contribution in [0, 0.1) is 0 Å². The normalized spacial score (nSPS) is 12.2. The Kier molecular flexibility index (Phi) is 3.71. The lowest BCUT2D eigenvalue weighted by Crippen LogP contribution is -2.28. The van der Waals surface area contributed by atoms with Gasteiger partial charge >= 0.3 is 0 Å².